The predicted octanol–water partition coefficient (Wildman–Crippen LogP) is 2.42. The maximum Gasteiger partial charge on any atom is 0.0713 e. The molecule has 0 saturated carbocycles. The number of benzene rings is 1. The molecular formula is C12H8S2. The van der Waals surface area contributed by atoms with Crippen LogP contribution in [0.2, 0.25) is 0 Å². The van der Waals surface area contributed by atoms with Gasteiger partial charge in [0.05, 0.1) is 4.21 Å². The molecule has 68 valence electrons. The average Bonchev–Trinajstić information content (AvgIpc) is 2.58. The Bertz CT molecular complexity index is 578. The van der Waals surface area contributed by atoms with Gasteiger partial charge in [-0.15, -0.1) is 11.3 Å². The van der Waals surface area contributed by atoms with E-state index in [1.54, 1.807) is 0 Å². The van der Waals surface area contributed by atoms with E-state index in [0.717, 1.165) is 0 Å². The van der Waals surface area contributed by atoms with Gasteiger partial charge in [0.2, 0.25) is 0 Å². The van der Waals surface area contributed by atoms with Crippen molar-refractivity contribution in [3.63, 3.8) is 0 Å². The molecule has 0 unspecified atom stereocenters. The van der Waals surface area contributed by atoms with E-state index in [1.807, 2.05) is 23.1 Å². The Kier molecular flexibility index (Phi) is 1.96. The molecule has 3 rings (SSSR count). The third kappa shape index (κ3) is 1.31. The monoisotopic (exact) mass is 216 g/mol. The zero-order valence-corrected chi connectivity index (χ0v) is 9.07. The standard InChI is InChI=1S/C12H8S2/c1-2-4-11-8-14-12-10(5-6-13-12)7-9(11)3-1/h1-8H. The highest BCUT2D eigenvalue weighted by molar-refractivity contribution is 8.08. The van der Waals surface area contributed by atoms with Crippen LogP contribution >= 0.6 is 23.1 Å². The molecule has 0 aliphatic carbocycles. The van der Waals surface area contributed by atoms with E-state index in [4.69, 9.17) is 0 Å². The van der Waals surface area contributed by atoms with Crippen LogP contribution in [0.1, 0.15) is 5.56 Å². The minimum atomic E-state index is 1.32. The van der Waals surface area contributed by atoms with E-state index in [2.05, 4.69) is 47.2 Å². The lowest BCUT2D eigenvalue weighted by Crippen LogP contribution is -2.22. The van der Waals surface area contributed by atoms with E-state index in [1.165, 1.54) is 20.2 Å². The Labute approximate surface area is 90.6 Å². The second kappa shape index (κ2) is 3.30. The van der Waals surface area contributed by atoms with E-state index >= 15 is 0 Å². The van der Waals surface area contributed by atoms with Crippen LogP contribution in [0.25, 0.3) is 11.5 Å². The normalized spacial score (nSPS) is 13.1. The zero-order chi connectivity index (χ0) is 9.38. The summed E-state index contributed by atoms with van der Waals surface area (Å²) in [6.45, 7) is 0. The number of fused-ring (bicyclic) bond motifs is 2. The molecular weight excluding hydrogens is 208 g/mol. The van der Waals surface area contributed by atoms with Gasteiger partial charge in [0.1, 0.15) is 0 Å². The van der Waals surface area contributed by atoms with Gasteiger partial charge >= 0.3 is 0 Å². The van der Waals surface area contributed by atoms with Crippen LogP contribution in [-0.4, -0.2) is 0 Å². The van der Waals surface area contributed by atoms with E-state index in [9.17, 15) is 0 Å². The minimum Gasteiger partial charge on any atom is -0.136 e. The minimum absolute atomic E-state index is 1.32. The summed E-state index contributed by atoms with van der Waals surface area (Å²) in [6, 6.07) is 10.7. The quantitative estimate of drug-likeness (QED) is 0.652. The van der Waals surface area contributed by atoms with Crippen molar-refractivity contribution in [3.05, 3.63) is 51.7 Å². The molecule has 0 bridgehead atoms. The smallest absolute Gasteiger partial charge is 0.0713 e. The summed E-state index contributed by atoms with van der Waals surface area (Å²) in [5, 5.41) is 7.02. The van der Waals surface area contributed by atoms with Crippen molar-refractivity contribution in [2.24, 2.45) is 0 Å². The van der Waals surface area contributed by atoms with Gasteiger partial charge in [-0.25, -0.2) is 0 Å². The first-order valence-electron chi connectivity index (χ1n) is 4.45. The molecule has 14 heavy (non-hydrogen) atoms. The van der Waals surface area contributed by atoms with E-state index in [-0.39, 0.29) is 0 Å². The third-order valence-corrected chi connectivity index (χ3v) is 4.38. The van der Waals surface area contributed by atoms with Gasteiger partial charge in [-0.1, -0.05) is 36.0 Å². The van der Waals surface area contributed by atoms with E-state index in [0.29, 0.717) is 0 Å². The molecule has 2 heteroatoms. The van der Waals surface area contributed by atoms with Crippen LogP contribution in [0.5, 0.6) is 0 Å². The predicted molar refractivity (Wildman–Crippen MR) is 63.9 cm³/mol. The van der Waals surface area contributed by atoms with Crippen LogP contribution in [0.3, 0.4) is 0 Å². The zero-order valence-electron chi connectivity index (χ0n) is 7.44. The lowest BCUT2D eigenvalue weighted by molar-refractivity contribution is 1.52. The molecule has 1 aromatic heterocycles. The fourth-order valence-corrected chi connectivity index (χ4v) is 3.39. The van der Waals surface area contributed by atoms with Crippen LogP contribution in [0.4, 0.5) is 0 Å². The second-order valence-electron chi connectivity index (χ2n) is 3.17. The number of hydrogen-bond donors (Lipinski definition) is 0. The Morgan fingerprint density at radius 3 is 2.71 bits per heavy atom. The van der Waals surface area contributed by atoms with Crippen LogP contribution in [0.15, 0.2) is 39.9 Å². The average molecular weight is 216 g/mol. The Morgan fingerprint density at radius 1 is 0.929 bits per heavy atom. The van der Waals surface area contributed by atoms with Crippen molar-refractivity contribution in [1.29, 1.82) is 0 Å². The summed E-state index contributed by atoms with van der Waals surface area (Å²) in [6.07, 6.45) is 2.26. The fourth-order valence-electron chi connectivity index (χ4n) is 1.54. The number of thiophene rings is 1. The molecule has 2 heterocycles. The molecule has 0 nitrogen and oxygen atoms in total. The number of thioether (sulfide) groups is 1. The molecule has 1 aliphatic rings. The van der Waals surface area contributed by atoms with Crippen molar-refractivity contribution in [2.45, 2.75) is 4.21 Å². The van der Waals surface area contributed by atoms with Gasteiger partial charge in [-0.3, -0.25) is 0 Å². The van der Waals surface area contributed by atoms with E-state index < -0.39 is 0 Å². The van der Waals surface area contributed by atoms with Gasteiger partial charge in [-0.05, 0) is 38.9 Å². The highest BCUT2D eigenvalue weighted by atomic mass is 32.2. The molecule has 0 fully saturated rings. The molecule has 0 amide bonds. The summed E-state index contributed by atoms with van der Waals surface area (Å²) in [5.41, 5.74) is 1.35. The molecule has 0 saturated heterocycles. The Hall–Kier alpha value is -0.990. The Balaban J connectivity index is 2.38. The highest BCUT2D eigenvalue weighted by Crippen LogP contribution is 2.30. The van der Waals surface area contributed by atoms with Gasteiger partial charge < -0.3 is 0 Å². The first-order chi connectivity index (χ1) is 6.93. The first kappa shape index (κ1) is 8.33. The number of hydrogen-bond acceptors (Lipinski definition) is 2. The van der Waals surface area contributed by atoms with Gasteiger partial charge in [-0.2, -0.15) is 0 Å². The second-order valence-corrected chi connectivity index (χ2v) is 5.23. The third-order valence-electron chi connectivity index (χ3n) is 2.26. The molecule has 0 atom stereocenters. The first-order valence-corrected chi connectivity index (χ1v) is 6.20. The summed E-state index contributed by atoms with van der Waals surface area (Å²) < 4.78 is 1.39. The highest BCUT2D eigenvalue weighted by Gasteiger charge is 2.03. The number of rotatable bonds is 0. The Morgan fingerprint density at radius 2 is 1.79 bits per heavy atom. The lowest BCUT2D eigenvalue weighted by Gasteiger charge is -1.89. The SMILES string of the molecule is C1=c2ccccc2=Cc2ccsc2S1. The molecule has 2 aromatic rings. The van der Waals surface area contributed by atoms with Gasteiger partial charge in [0, 0.05) is 0 Å². The van der Waals surface area contributed by atoms with Crippen LogP contribution < -0.4 is 10.4 Å². The summed E-state index contributed by atoms with van der Waals surface area (Å²) in [5.74, 6) is 0. The lowest BCUT2D eigenvalue weighted by atomic mass is 10.2. The van der Waals surface area contributed by atoms with Crippen LogP contribution in [-0.2, 0) is 0 Å². The van der Waals surface area contributed by atoms with Crippen molar-refractivity contribution >= 4 is 34.6 Å². The molecule has 0 radical (unpaired) electrons. The maximum atomic E-state index is 2.26. The molecule has 1 aliphatic heterocycles. The summed E-state index contributed by atoms with van der Waals surface area (Å²) >= 11 is 3.63. The van der Waals surface area contributed by atoms with Crippen molar-refractivity contribution in [2.75, 3.05) is 0 Å². The fraction of sp³-hybridized carbons (Fsp3) is 0. The van der Waals surface area contributed by atoms with Crippen molar-refractivity contribution in [1.82, 2.24) is 0 Å². The molecule has 0 N–H and O–H groups in total. The van der Waals surface area contributed by atoms with Crippen molar-refractivity contribution < 1.29 is 0 Å². The van der Waals surface area contributed by atoms with Gasteiger partial charge in [0.25, 0.3) is 0 Å². The maximum absolute atomic E-state index is 2.26. The molecule has 1 aromatic carbocycles. The molecule has 0 spiro atoms. The largest absolute Gasteiger partial charge is 0.136 e. The summed E-state index contributed by atoms with van der Waals surface area (Å²) in [7, 11) is 0. The summed E-state index contributed by atoms with van der Waals surface area (Å²) in [4.78, 5) is 0. The van der Waals surface area contributed by atoms with Crippen molar-refractivity contribution in [3.8, 4) is 0 Å². The van der Waals surface area contributed by atoms with Gasteiger partial charge in [0.15, 0.2) is 0 Å². The van der Waals surface area contributed by atoms with Crippen LogP contribution in [0, 0.1) is 0 Å². The topological polar surface area (TPSA) is 0 Å².